The van der Waals surface area contributed by atoms with Crippen LogP contribution in [0.1, 0.15) is 68.4 Å². The van der Waals surface area contributed by atoms with Gasteiger partial charge < -0.3 is 4.90 Å². The Morgan fingerprint density at radius 2 is 1.79 bits per heavy atom. The highest BCUT2D eigenvalue weighted by Crippen LogP contribution is 2.34. The van der Waals surface area contributed by atoms with Crippen LogP contribution >= 0.6 is 11.3 Å². The highest BCUT2D eigenvalue weighted by Gasteiger charge is 2.29. The Balaban J connectivity index is 1.68. The third-order valence-electron chi connectivity index (χ3n) is 7.55. The number of rotatable bonds is 5. The molecule has 3 aromatic rings. The molecule has 2 aliphatic rings. The monoisotopic (exact) mass is 479 g/mol. The van der Waals surface area contributed by atoms with Crippen LogP contribution in [-0.2, 0) is 30.6 Å². The molecule has 0 radical (unpaired) electrons. The number of likely N-dealkylation sites (tertiary alicyclic amines) is 1. The number of piperidine rings is 1. The number of aromatic nitrogens is 2. The molecule has 1 saturated heterocycles. The normalized spacial score (nSPS) is 18.3. The number of benzene rings is 1. The summed E-state index contributed by atoms with van der Waals surface area (Å²) in [5.41, 5.74) is 2.13. The lowest BCUT2D eigenvalue weighted by Gasteiger charge is -2.35. The lowest BCUT2D eigenvalue weighted by Crippen LogP contribution is -2.47. The summed E-state index contributed by atoms with van der Waals surface area (Å²) in [6.07, 6.45) is 8.91. The Hall–Kier alpha value is -2.67. The van der Waals surface area contributed by atoms with Crippen LogP contribution in [-0.4, -0.2) is 32.5 Å². The first-order valence-corrected chi connectivity index (χ1v) is 13.5. The molecule has 0 spiro atoms. The smallest absolute Gasteiger partial charge is 0.337 e. The number of thiophene rings is 1. The Morgan fingerprint density at radius 1 is 1.03 bits per heavy atom. The number of carbonyl (C=O) groups is 1. The van der Waals surface area contributed by atoms with Gasteiger partial charge in [-0.3, -0.25) is 14.2 Å². The maximum Gasteiger partial charge on any atom is 0.337 e. The maximum absolute atomic E-state index is 13.8. The van der Waals surface area contributed by atoms with Gasteiger partial charge in [-0.25, -0.2) is 9.36 Å². The number of carbonyl (C=O) groups excluding carboxylic acids is 1. The molecule has 1 fully saturated rings. The van der Waals surface area contributed by atoms with E-state index in [-0.39, 0.29) is 24.1 Å². The molecule has 2 aromatic heterocycles. The molecule has 180 valence electrons. The van der Waals surface area contributed by atoms with Gasteiger partial charge in [0, 0.05) is 17.5 Å². The Morgan fingerprint density at radius 3 is 2.53 bits per heavy atom. The molecule has 0 bridgehead atoms. The van der Waals surface area contributed by atoms with Gasteiger partial charge >= 0.3 is 5.69 Å². The average molecular weight is 480 g/mol. The van der Waals surface area contributed by atoms with Crippen LogP contribution in [0.2, 0.25) is 0 Å². The van der Waals surface area contributed by atoms with E-state index in [0.29, 0.717) is 15.9 Å². The molecule has 3 heterocycles. The zero-order chi connectivity index (χ0) is 23.8. The van der Waals surface area contributed by atoms with Gasteiger partial charge in [0.2, 0.25) is 5.91 Å². The number of amides is 1. The zero-order valence-electron chi connectivity index (χ0n) is 20.1. The maximum atomic E-state index is 13.8. The molecule has 0 saturated carbocycles. The zero-order valence-corrected chi connectivity index (χ0v) is 21.0. The van der Waals surface area contributed by atoms with Crippen LogP contribution in [0.15, 0.2) is 33.9 Å². The second-order valence-corrected chi connectivity index (χ2v) is 10.6. The van der Waals surface area contributed by atoms with Gasteiger partial charge in [0.25, 0.3) is 5.56 Å². The summed E-state index contributed by atoms with van der Waals surface area (Å²) in [7, 11) is 0. The minimum Gasteiger partial charge on any atom is -0.338 e. The van der Waals surface area contributed by atoms with Crippen LogP contribution < -0.4 is 11.2 Å². The molecular weight excluding hydrogens is 446 g/mol. The van der Waals surface area contributed by atoms with E-state index in [0.717, 1.165) is 75.5 Å². The Kier molecular flexibility index (Phi) is 6.47. The Bertz CT molecular complexity index is 1330. The largest absolute Gasteiger partial charge is 0.338 e. The second-order valence-electron chi connectivity index (χ2n) is 9.57. The van der Waals surface area contributed by atoms with E-state index < -0.39 is 5.69 Å². The van der Waals surface area contributed by atoms with Crippen molar-refractivity contribution in [3.63, 3.8) is 0 Å². The minimum absolute atomic E-state index is 0.0153. The quantitative estimate of drug-likeness (QED) is 0.543. The molecule has 0 N–H and O–H groups in total. The van der Waals surface area contributed by atoms with Crippen molar-refractivity contribution in [3.05, 3.63) is 61.1 Å². The van der Waals surface area contributed by atoms with Crippen LogP contribution in [0.3, 0.4) is 0 Å². The molecule has 1 aliphatic heterocycles. The fraction of sp³-hybridized carbons (Fsp3) is 0.519. The predicted octanol–water partition coefficient (Wildman–Crippen LogP) is 4.45. The average Bonchev–Trinajstić information content (AvgIpc) is 3.26. The molecule has 1 aromatic carbocycles. The van der Waals surface area contributed by atoms with Crippen molar-refractivity contribution in [2.24, 2.45) is 0 Å². The van der Waals surface area contributed by atoms with E-state index in [1.807, 2.05) is 29.2 Å². The molecule has 1 atom stereocenters. The van der Waals surface area contributed by atoms with Gasteiger partial charge in [0.05, 0.1) is 11.1 Å². The molecule has 7 heteroatoms. The van der Waals surface area contributed by atoms with E-state index in [9.17, 15) is 14.4 Å². The van der Waals surface area contributed by atoms with Crippen molar-refractivity contribution >= 4 is 27.5 Å². The van der Waals surface area contributed by atoms with E-state index in [4.69, 9.17) is 0 Å². The van der Waals surface area contributed by atoms with Crippen molar-refractivity contribution < 1.29 is 4.79 Å². The van der Waals surface area contributed by atoms with Gasteiger partial charge in [-0.1, -0.05) is 26.0 Å². The summed E-state index contributed by atoms with van der Waals surface area (Å²) in [5, 5.41) is 0.636. The predicted molar refractivity (Wildman–Crippen MR) is 137 cm³/mol. The van der Waals surface area contributed by atoms with Crippen molar-refractivity contribution in [2.75, 3.05) is 6.54 Å². The summed E-state index contributed by atoms with van der Waals surface area (Å²) in [5.74, 6) is -0.0205. The first kappa shape index (κ1) is 23.1. The van der Waals surface area contributed by atoms with Gasteiger partial charge in [0.15, 0.2) is 0 Å². The van der Waals surface area contributed by atoms with E-state index in [2.05, 4.69) is 13.8 Å². The third-order valence-corrected chi connectivity index (χ3v) is 8.87. The first-order valence-electron chi connectivity index (χ1n) is 12.7. The van der Waals surface area contributed by atoms with Crippen LogP contribution in [0.4, 0.5) is 0 Å². The van der Waals surface area contributed by atoms with E-state index in [1.165, 1.54) is 20.8 Å². The molecule has 1 amide bonds. The topological polar surface area (TPSA) is 64.3 Å². The highest BCUT2D eigenvalue weighted by atomic mass is 32.1. The molecule has 1 aliphatic carbocycles. The number of aryl methyl sites for hydroxylation is 3. The summed E-state index contributed by atoms with van der Waals surface area (Å²) >= 11 is 1.54. The Labute approximate surface area is 203 Å². The van der Waals surface area contributed by atoms with Crippen molar-refractivity contribution in [1.82, 2.24) is 14.0 Å². The van der Waals surface area contributed by atoms with Crippen LogP contribution in [0.5, 0.6) is 0 Å². The van der Waals surface area contributed by atoms with Gasteiger partial charge in [-0.2, -0.15) is 0 Å². The van der Waals surface area contributed by atoms with Crippen molar-refractivity contribution in [3.8, 4) is 5.69 Å². The van der Waals surface area contributed by atoms with Gasteiger partial charge in [0.1, 0.15) is 11.4 Å². The molecule has 0 unspecified atom stereocenters. The second kappa shape index (κ2) is 9.53. The lowest BCUT2D eigenvalue weighted by atomic mass is 9.97. The number of nitrogens with zero attached hydrogens (tertiary/aromatic N) is 3. The first-order chi connectivity index (χ1) is 16.5. The number of fused-ring (bicyclic) bond motifs is 3. The highest BCUT2D eigenvalue weighted by molar-refractivity contribution is 7.18. The summed E-state index contributed by atoms with van der Waals surface area (Å²) in [6, 6.07) is 7.84. The van der Waals surface area contributed by atoms with Gasteiger partial charge in [-0.05, 0) is 81.0 Å². The number of hydrogen-bond donors (Lipinski definition) is 0. The van der Waals surface area contributed by atoms with Crippen LogP contribution in [0.25, 0.3) is 15.9 Å². The van der Waals surface area contributed by atoms with Crippen LogP contribution in [0, 0.1) is 0 Å². The SMILES string of the molecule is CCc1ccc(-n2c(=O)c3c4c(sc3n(CC(=O)N3CCCC[C@H]3CC)c2=O)CCCC4)cc1. The molecule has 5 rings (SSSR count). The summed E-state index contributed by atoms with van der Waals surface area (Å²) in [4.78, 5) is 44.8. The molecular formula is C27H33N3O3S. The molecule has 34 heavy (non-hydrogen) atoms. The fourth-order valence-corrected chi connectivity index (χ4v) is 6.97. The van der Waals surface area contributed by atoms with Crippen molar-refractivity contribution in [2.45, 2.75) is 84.2 Å². The van der Waals surface area contributed by atoms with Gasteiger partial charge in [-0.15, -0.1) is 11.3 Å². The minimum atomic E-state index is -0.418. The third kappa shape index (κ3) is 3.94. The van der Waals surface area contributed by atoms with E-state index in [1.54, 1.807) is 4.57 Å². The lowest BCUT2D eigenvalue weighted by molar-refractivity contribution is -0.135. The summed E-state index contributed by atoms with van der Waals surface area (Å²) < 4.78 is 2.86. The number of hydrogen-bond acceptors (Lipinski definition) is 4. The van der Waals surface area contributed by atoms with Crippen molar-refractivity contribution in [1.29, 1.82) is 0 Å². The summed E-state index contributed by atoms with van der Waals surface area (Å²) in [6.45, 7) is 4.93. The standard InChI is InChI=1S/C27H33N3O3S/c1-3-18-12-14-20(15-13-18)30-25(32)24-21-10-5-6-11-22(21)34-26(24)29(27(30)33)17-23(31)28-16-8-7-9-19(28)4-2/h12-15,19H,3-11,16-17H2,1-2H3/t19-/m1/s1. The molecule has 6 nitrogen and oxygen atoms in total. The van der Waals surface area contributed by atoms with E-state index >= 15 is 0 Å². The fourth-order valence-electron chi connectivity index (χ4n) is 5.60.